The van der Waals surface area contributed by atoms with Crippen LogP contribution in [0.15, 0.2) is 65.0 Å². The predicted molar refractivity (Wildman–Crippen MR) is 133 cm³/mol. The number of hydrogen-bond acceptors (Lipinski definition) is 6. The van der Waals surface area contributed by atoms with Crippen LogP contribution in [0, 0.1) is 6.92 Å². The lowest BCUT2D eigenvalue weighted by molar-refractivity contribution is -0.113. The van der Waals surface area contributed by atoms with Crippen LogP contribution < -0.4 is 10.2 Å². The molecule has 1 aromatic heterocycles. The van der Waals surface area contributed by atoms with E-state index in [1.807, 2.05) is 13.0 Å². The van der Waals surface area contributed by atoms with Crippen LogP contribution in [0.3, 0.4) is 0 Å². The van der Waals surface area contributed by atoms with E-state index in [2.05, 4.69) is 10.3 Å². The first-order chi connectivity index (χ1) is 15.9. The molecular weight excluding hydrogens is 478 g/mol. The van der Waals surface area contributed by atoms with Crippen molar-refractivity contribution in [3.8, 4) is 0 Å². The number of hydrogen-bond donors (Lipinski definition) is 1. The Bertz CT molecular complexity index is 1420. The van der Waals surface area contributed by atoms with Crippen molar-refractivity contribution in [3.05, 3.63) is 82.4 Å². The Morgan fingerprint density at radius 3 is 2.52 bits per heavy atom. The first-order valence-electron chi connectivity index (χ1n) is 9.98. The lowest BCUT2D eigenvalue weighted by atomic mass is 10.1. The summed E-state index contributed by atoms with van der Waals surface area (Å²) in [5, 5.41) is 3.47. The number of nitrogens with zero attached hydrogens (tertiary/aromatic N) is 2. The normalized spacial score (nSPS) is 13.0. The third-order valence-corrected chi connectivity index (χ3v) is 7.84. The number of anilines is 2. The average Bonchev–Trinajstić information content (AvgIpc) is 3.33. The second-order valence-electron chi connectivity index (χ2n) is 7.37. The number of rotatable bonds is 5. The van der Waals surface area contributed by atoms with Crippen molar-refractivity contribution in [2.75, 3.05) is 16.0 Å². The second-order valence-corrected chi connectivity index (χ2v) is 10.0. The minimum atomic E-state index is -0.331. The van der Waals surface area contributed by atoms with Crippen molar-refractivity contribution in [3.63, 3.8) is 0 Å². The molecule has 2 heterocycles. The zero-order chi connectivity index (χ0) is 23.1. The summed E-state index contributed by atoms with van der Waals surface area (Å²) in [6.07, 6.45) is 0. The van der Waals surface area contributed by atoms with Gasteiger partial charge in [0, 0.05) is 10.7 Å². The lowest BCUT2D eigenvalue weighted by Gasteiger charge is -2.13. The van der Waals surface area contributed by atoms with Crippen LogP contribution in [0.2, 0.25) is 5.02 Å². The summed E-state index contributed by atoms with van der Waals surface area (Å²) in [6, 6.07) is 17.5. The van der Waals surface area contributed by atoms with Gasteiger partial charge in [-0.15, -0.1) is 11.3 Å². The van der Waals surface area contributed by atoms with Crippen molar-refractivity contribution in [1.82, 2.24) is 4.98 Å². The number of carbonyl (C=O) groups is 3. The molecule has 0 saturated heterocycles. The third-order valence-electron chi connectivity index (χ3n) is 5.27. The molecule has 0 aliphatic carbocycles. The van der Waals surface area contributed by atoms with Gasteiger partial charge in [-0.25, -0.2) is 9.88 Å². The Kier molecular flexibility index (Phi) is 5.65. The molecule has 4 aromatic rings. The van der Waals surface area contributed by atoms with Crippen molar-refractivity contribution >= 4 is 74.0 Å². The monoisotopic (exact) mass is 493 g/mol. The lowest BCUT2D eigenvalue weighted by Crippen LogP contribution is -2.29. The number of fused-ring (bicyclic) bond motifs is 2. The summed E-state index contributed by atoms with van der Waals surface area (Å²) < 4.78 is 1.56. The average molecular weight is 494 g/mol. The van der Waals surface area contributed by atoms with E-state index >= 15 is 0 Å². The van der Waals surface area contributed by atoms with E-state index in [4.69, 9.17) is 11.6 Å². The van der Waals surface area contributed by atoms with Crippen molar-refractivity contribution in [2.45, 2.75) is 11.3 Å². The van der Waals surface area contributed by atoms with Gasteiger partial charge in [-0.1, -0.05) is 41.6 Å². The molecule has 0 unspecified atom stereocenters. The zero-order valence-electron chi connectivity index (χ0n) is 17.3. The van der Waals surface area contributed by atoms with E-state index < -0.39 is 0 Å². The van der Waals surface area contributed by atoms with Crippen LogP contribution in [0.1, 0.15) is 26.3 Å². The van der Waals surface area contributed by atoms with Gasteiger partial charge < -0.3 is 5.32 Å². The molecule has 0 spiro atoms. The Hall–Kier alpha value is -3.20. The van der Waals surface area contributed by atoms with Gasteiger partial charge in [-0.2, -0.15) is 0 Å². The topological polar surface area (TPSA) is 79.4 Å². The fourth-order valence-corrected chi connectivity index (χ4v) is 5.65. The van der Waals surface area contributed by atoms with Crippen LogP contribution in [0.25, 0.3) is 10.2 Å². The molecule has 6 nitrogen and oxygen atoms in total. The van der Waals surface area contributed by atoms with Crippen LogP contribution >= 0.6 is 34.7 Å². The Labute approximate surface area is 202 Å². The first-order valence-corrected chi connectivity index (χ1v) is 12.2. The minimum Gasteiger partial charge on any atom is -0.325 e. The minimum absolute atomic E-state index is 0.156. The van der Waals surface area contributed by atoms with E-state index in [1.54, 1.807) is 54.6 Å². The molecule has 5 rings (SSSR count). The molecule has 9 heteroatoms. The SMILES string of the molecule is Cc1c(Cl)cccc1NC(=O)CSc1nc2ccc(N3C(=O)c4ccccc4C3=O)cc2s1. The fraction of sp³-hybridized carbons (Fsp3) is 0.0833. The van der Waals surface area contributed by atoms with Crippen LogP contribution in [-0.2, 0) is 4.79 Å². The number of benzene rings is 3. The maximum Gasteiger partial charge on any atom is 0.266 e. The highest BCUT2D eigenvalue weighted by atomic mass is 35.5. The number of halogens is 1. The summed E-state index contributed by atoms with van der Waals surface area (Å²) in [6.45, 7) is 1.85. The van der Waals surface area contributed by atoms with Gasteiger partial charge in [0.15, 0.2) is 4.34 Å². The fourth-order valence-electron chi connectivity index (χ4n) is 3.57. The zero-order valence-corrected chi connectivity index (χ0v) is 19.7. The number of aromatic nitrogens is 1. The molecule has 3 amide bonds. The smallest absolute Gasteiger partial charge is 0.266 e. The van der Waals surface area contributed by atoms with E-state index in [1.165, 1.54) is 28.0 Å². The summed E-state index contributed by atoms with van der Waals surface area (Å²) in [4.78, 5) is 43.7. The number of carbonyl (C=O) groups excluding carboxylic acids is 3. The molecule has 0 atom stereocenters. The predicted octanol–water partition coefficient (Wildman–Crippen LogP) is 5.79. The standard InChI is InChI=1S/C24H16ClN3O3S2/c1-13-17(25)7-4-8-18(13)26-21(29)12-32-24-27-19-10-9-14(11-20(19)33-24)28-22(30)15-5-2-3-6-16(15)23(28)31/h2-11H,12H2,1H3,(H,26,29). The summed E-state index contributed by atoms with van der Waals surface area (Å²) >= 11 is 8.85. The molecule has 164 valence electrons. The largest absolute Gasteiger partial charge is 0.325 e. The van der Waals surface area contributed by atoms with E-state index in [9.17, 15) is 14.4 Å². The molecule has 0 radical (unpaired) electrons. The Morgan fingerprint density at radius 1 is 1.06 bits per heavy atom. The number of thiazole rings is 1. The van der Waals surface area contributed by atoms with Gasteiger partial charge in [-0.3, -0.25) is 14.4 Å². The van der Waals surface area contributed by atoms with Gasteiger partial charge >= 0.3 is 0 Å². The molecule has 0 saturated carbocycles. The summed E-state index contributed by atoms with van der Waals surface area (Å²) in [5.74, 6) is -0.628. The molecule has 0 bridgehead atoms. The van der Waals surface area contributed by atoms with Gasteiger partial charge in [-0.05, 0) is 55.0 Å². The van der Waals surface area contributed by atoms with Crippen molar-refractivity contribution in [1.29, 1.82) is 0 Å². The molecule has 1 aliphatic rings. The molecule has 1 aliphatic heterocycles. The maximum absolute atomic E-state index is 12.8. The van der Waals surface area contributed by atoms with E-state index in [-0.39, 0.29) is 23.5 Å². The first kappa shape index (κ1) is 21.6. The number of nitrogens with one attached hydrogen (secondary N) is 1. The van der Waals surface area contributed by atoms with Gasteiger partial charge in [0.25, 0.3) is 11.8 Å². The quantitative estimate of drug-likeness (QED) is 0.281. The van der Waals surface area contributed by atoms with Crippen LogP contribution in [0.5, 0.6) is 0 Å². The molecule has 1 N–H and O–H groups in total. The number of amides is 3. The van der Waals surface area contributed by atoms with Crippen molar-refractivity contribution in [2.24, 2.45) is 0 Å². The van der Waals surface area contributed by atoms with Crippen LogP contribution in [-0.4, -0.2) is 28.5 Å². The number of imide groups is 1. The Balaban J connectivity index is 1.31. The second kappa shape index (κ2) is 8.62. The van der Waals surface area contributed by atoms with Gasteiger partial charge in [0.1, 0.15) is 0 Å². The summed E-state index contributed by atoms with van der Waals surface area (Å²) in [7, 11) is 0. The van der Waals surface area contributed by atoms with Crippen molar-refractivity contribution < 1.29 is 14.4 Å². The van der Waals surface area contributed by atoms with E-state index in [0.717, 1.165) is 20.1 Å². The highest BCUT2D eigenvalue weighted by Gasteiger charge is 2.36. The molecular formula is C24H16ClN3O3S2. The summed E-state index contributed by atoms with van der Waals surface area (Å²) in [5.41, 5.74) is 3.56. The van der Waals surface area contributed by atoms with E-state index in [0.29, 0.717) is 27.5 Å². The highest BCUT2D eigenvalue weighted by Crippen LogP contribution is 2.35. The Morgan fingerprint density at radius 2 is 1.79 bits per heavy atom. The molecule has 33 heavy (non-hydrogen) atoms. The van der Waals surface area contributed by atoms with Gasteiger partial charge in [0.2, 0.25) is 5.91 Å². The molecule has 0 fully saturated rings. The third kappa shape index (κ3) is 4.01. The maximum atomic E-state index is 12.8. The highest BCUT2D eigenvalue weighted by molar-refractivity contribution is 8.01. The number of thioether (sulfide) groups is 1. The van der Waals surface area contributed by atoms with Gasteiger partial charge in [0.05, 0.1) is 32.8 Å². The van der Waals surface area contributed by atoms with Crippen LogP contribution in [0.4, 0.5) is 11.4 Å². The molecule has 3 aromatic carbocycles.